The summed E-state index contributed by atoms with van der Waals surface area (Å²) in [6.45, 7) is 4.86. The van der Waals surface area contributed by atoms with E-state index in [1.54, 1.807) is 19.2 Å². The molecule has 0 saturated carbocycles. The number of carbonyl (C=O) groups excluding carboxylic acids is 1. The first-order valence-corrected chi connectivity index (χ1v) is 5.70. The number of benzene rings is 1. The summed E-state index contributed by atoms with van der Waals surface area (Å²) in [6, 6.07) is 7.40. The Balaban J connectivity index is 2.78. The van der Waals surface area contributed by atoms with Gasteiger partial charge >= 0.3 is 0 Å². The molecule has 0 radical (unpaired) electrons. The van der Waals surface area contributed by atoms with E-state index in [1.807, 2.05) is 12.1 Å². The predicted molar refractivity (Wildman–Crippen MR) is 69.1 cm³/mol. The van der Waals surface area contributed by atoms with E-state index >= 15 is 0 Å². The van der Waals surface area contributed by atoms with E-state index in [2.05, 4.69) is 19.2 Å². The van der Waals surface area contributed by atoms with Crippen molar-refractivity contribution in [1.82, 2.24) is 0 Å². The molecule has 0 aliphatic heterocycles. The topological polar surface area (TPSA) is 64.3 Å². The zero-order valence-corrected chi connectivity index (χ0v) is 10.6. The number of hydrogen-bond acceptors (Lipinski definition) is 3. The number of hydrogen-bond donors (Lipinski definition) is 2. The fraction of sp³-hybridized carbons (Fsp3) is 0.462. The summed E-state index contributed by atoms with van der Waals surface area (Å²) in [5.74, 6) is 0.0219. The molecule has 94 valence electrons. The van der Waals surface area contributed by atoms with Crippen molar-refractivity contribution in [1.29, 1.82) is 0 Å². The maximum absolute atomic E-state index is 11.1. The van der Waals surface area contributed by atoms with E-state index in [4.69, 9.17) is 10.5 Å². The maximum Gasteiger partial charge on any atom is 0.248 e. The summed E-state index contributed by atoms with van der Waals surface area (Å²) >= 11 is 0. The van der Waals surface area contributed by atoms with Crippen LogP contribution in [0.3, 0.4) is 0 Å². The Morgan fingerprint density at radius 2 is 2.18 bits per heavy atom. The van der Waals surface area contributed by atoms with Crippen molar-refractivity contribution in [3.8, 4) is 0 Å². The lowest BCUT2D eigenvalue weighted by atomic mass is 10.0. The molecule has 0 spiro atoms. The molecule has 3 N–H and O–H groups in total. The zero-order valence-electron chi connectivity index (χ0n) is 10.6. The molecule has 1 aromatic carbocycles. The maximum atomic E-state index is 11.1. The van der Waals surface area contributed by atoms with Crippen molar-refractivity contribution in [3.63, 3.8) is 0 Å². The Labute approximate surface area is 102 Å². The molecule has 1 amide bonds. The first-order valence-electron chi connectivity index (χ1n) is 5.70. The van der Waals surface area contributed by atoms with Gasteiger partial charge in [-0.3, -0.25) is 4.79 Å². The molecule has 0 aliphatic carbocycles. The van der Waals surface area contributed by atoms with Crippen LogP contribution in [0.15, 0.2) is 24.3 Å². The molecular formula is C13H20N2O2. The molecule has 4 heteroatoms. The number of anilines is 1. The highest BCUT2D eigenvalue weighted by molar-refractivity contribution is 5.93. The second-order valence-corrected chi connectivity index (χ2v) is 4.40. The van der Waals surface area contributed by atoms with Crippen LogP contribution in [-0.2, 0) is 4.74 Å². The third-order valence-electron chi connectivity index (χ3n) is 2.65. The van der Waals surface area contributed by atoms with Gasteiger partial charge in [0.1, 0.15) is 0 Å². The minimum Gasteiger partial charge on any atom is -0.383 e. The molecular weight excluding hydrogens is 216 g/mol. The van der Waals surface area contributed by atoms with Gasteiger partial charge in [0.2, 0.25) is 5.91 Å². The molecule has 1 atom stereocenters. The Kier molecular flexibility index (Phi) is 4.97. The van der Waals surface area contributed by atoms with Crippen molar-refractivity contribution in [3.05, 3.63) is 29.8 Å². The summed E-state index contributed by atoms with van der Waals surface area (Å²) in [6.07, 6.45) is 0. The monoisotopic (exact) mass is 236 g/mol. The second kappa shape index (κ2) is 6.25. The van der Waals surface area contributed by atoms with Crippen LogP contribution in [0.25, 0.3) is 0 Å². The summed E-state index contributed by atoms with van der Waals surface area (Å²) < 4.78 is 5.16. The molecule has 0 saturated heterocycles. The Hall–Kier alpha value is -1.55. The van der Waals surface area contributed by atoms with Crippen LogP contribution in [0.1, 0.15) is 24.2 Å². The van der Waals surface area contributed by atoms with Gasteiger partial charge in [0.15, 0.2) is 0 Å². The van der Waals surface area contributed by atoms with Crippen LogP contribution in [0.4, 0.5) is 5.69 Å². The molecule has 17 heavy (non-hydrogen) atoms. The molecule has 1 aromatic rings. The minimum atomic E-state index is -0.415. The molecule has 0 aliphatic rings. The van der Waals surface area contributed by atoms with E-state index in [1.165, 1.54) is 0 Å². The zero-order chi connectivity index (χ0) is 12.8. The fourth-order valence-electron chi connectivity index (χ4n) is 1.56. The summed E-state index contributed by atoms with van der Waals surface area (Å²) in [5.41, 5.74) is 6.64. The normalized spacial score (nSPS) is 12.5. The van der Waals surface area contributed by atoms with Gasteiger partial charge in [-0.1, -0.05) is 19.9 Å². The smallest absolute Gasteiger partial charge is 0.248 e. The number of rotatable bonds is 6. The molecule has 1 rings (SSSR count). The van der Waals surface area contributed by atoms with Gasteiger partial charge < -0.3 is 15.8 Å². The van der Waals surface area contributed by atoms with Crippen LogP contribution in [-0.4, -0.2) is 25.7 Å². The summed E-state index contributed by atoms with van der Waals surface area (Å²) in [7, 11) is 1.68. The largest absolute Gasteiger partial charge is 0.383 e. The van der Waals surface area contributed by atoms with Crippen LogP contribution >= 0.6 is 0 Å². The van der Waals surface area contributed by atoms with E-state index < -0.39 is 5.91 Å². The van der Waals surface area contributed by atoms with Crippen molar-refractivity contribution < 1.29 is 9.53 Å². The van der Waals surface area contributed by atoms with E-state index in [-0.39, 0.29) is 6.04 Å². The van der Waals surface area contributed by atoms with Crippen LogP contribution in [0.2, 0.25) is 0 Å². The van der Waals surface area contributed by atoms with Gasteiger partial charge in [-0.25, -0.2) is 0 Å². The van der Waals surface area contributed by atoms with Gasteiger partial charge in [-0.15, -0.1) is 0 Å². The molecule has 0 fully saturated rings. The standard InChI is InChI=1S/C13H20N2O2/c1-9(2)12(8-17-3)15-11-6-4-5-10(7-11)13(14)16/h4-7,9,12,15H,8H2,1-3H3,(H2,14,16). The first-order chi connectivity index (χ1) is 8.04. The quantitative estimate of drug-likeness (QED) is 0.792. The lowest BCUT2D eigenvalue weighted by Crippen LogP contribution is -2.30. The van der Waals surface area contributed by atoms with Crippen molar-refractivity contribution in [2.24, 2.45) is 11.7 Å². The van der Waals surface area contributed by atoms with Gasteiger partial charge in [0.25, 0.3) is 0 Å². The highest BCUT2D eigenvalue weighted by Gasteiger charge is 2.13. The molecule has 4 nitrogen and oxygen atoms in total. The number of methoxy groups -OCH3 is 1. The highest BCUT2D eigenvalue weighted by Crippen LogP contribution is 2.14. The average molecular weight is 236 g/mol. The number of carbonyl (C=O) groups is 1. The average Bonchev–Trinajstić information content (AvgIpc) is 2.28. The van der Waals surface area contributed by atoms with E-state index in [0.717, 1.165) is 5.69 Å². The molecule has 0 heterocycles. The minimum absolute atomic E-state index is 0.211. The molecule has 0 aromatic heterocycles. The Bertz CT molecular complexity index is 377. The van der Waals surface area contributed by atoms with Crippen molar-refractivity contribution in [2.45, 2.75) is 19.9 Å². The van der Waals surface area contributed by atoms with Crippen LogP contribution < -0.4 is 11.1 Å². The lowest BCUT2D eigenvalue weighted by molar-refractivity contribution is 0.100. The lowest BCUT2D eigenvalue weighted by Gasteiger charge is -2.22. The van der Waals surface area contributed by atoms with Crippen molar-refractivity contribution in [2.75, 3.05) is 19.0 Å². The first kappa shape index (κ1) is 13.5. The highest BCUT2D eigenvalue weighted by atomic mass is 16.5. The Morgan fingerprint density at radius 3 is 2.71 bits per heavy atom. The van der Waals surface area contributed by atoms with E-state index in [9.17, 15) is 4.79 Å². The number of amides is 1. The second-order valence-electron chi connectivity index (χ2n) is 4.40. The van der Waals surface area contributed by atoms with Gasteiger partial charge in [-0.2, -0.15) is 0 Å². The summed E-state index contributed by atoms with van der Waals surface area (Å²) in [4.78, 5) is 11.1. The SMILES string of the molecule is COCC(Nc1cccc(C(N)=O)c1)C(C)C. The van der Waals surface area contributed by atoms with Crippen LogP contribution in [0, 0.1) is 5.92 Å². The number of nitrogens with one attached hydrogen (secondary N) is 1. The third kappa shape index (κ3) is 4.07. The van der Waals surface area contributed by atoms with Crippen molar-refractivity contribution >= 4 is 11.6 Å². The predicted octanol–water partition coefficient (Wildman–Crippen LogP) is 1.87. The van der Waals surface area contributed by atoms with Gasteiger partial charge in [-0.05, 0) is 24.1 Å². The molecule has 1 unspecified atom stereocenters. The van der Waals surface area contributed by atoms with E-state index in [0.29, 0.717) is 18.1 Å². The molecule has 0 bridgehead atoms. The fourth-order valence-corrected chi connectivity index (χ4v) is 1.56. The number of ether oxygens (including phenoxy) is 1. The van der Waals surface area contributed by atoms with Crippen LogP contribution in [0.5, 0.6) is 0 Å². The third-order valence-corrected chi connectivity index (χ3v) is 2.65. The number of primary amides is 1. The van der Waals surface area contributed by atoms with Gasteiger partial charge in [0.05, 0.1) is 12.6 Å². The number of nitrogens with two attached hydrogens (primary N) is 1. The summed E-state index contributed by atoms with van der Waals surface area (Å²) in [5, 5.41) is 3.34. The Morgan fingerprint density at radius 1 is 1.47 bits per heavy atom. The van der Waals surface area contributed by atoms with Gasteiger partial charge in [0, 0.05) is 18.4 Å².